The normalized spacial score (nSPS) is 36.9. The van der Waals surface area contributed by atoms with Crippen LogP contribution in [0.1, 0.15) is 19.3 Å². The minimum Gasteiger partial charge on any atom is -0.479 e. The van der Waals surface area contributed by atoms with Gasteiger partial charge in [0, 0.05) is 19.0 Å². The number of hydrogen-bond donors (Lipinski definition) is 3. The van der Waals surface area contributed by atoms with Crippen LogP contribution in [0.15, 0.2) is 0 Å². The third-order valence-electron chi connectivity index (χ3n) is 5.05. The number of urea groups is 1. The highest BCUT2D eigenvalue weighted by Gasteiger charge is 2.63. The van der Waals surface area contributed by atoms with Crippen LogP contribution < -0.4 is 5.32 Å². The lowest BCUT2D eigenvalue weighted by Crippen LogP contribution is -2.65. The molecule has 10 nitrogen and oxygen atoms in total. The van der Waals surface area contributed by atoms with E-state index in [-0.39, 0.29) is 32.4 Å². The van der Waals surface area contributed by atoms with Crippen molar-refractivity contribution in [2.24, 2.45) is 5.92 Å². The van der Waals surface area contributed by atoms with Crippen LogP contribution in [0.4, 0.5) is 9.18 Å². The molecule has 3 aliphatic heterocycles. The zero-order chi connectivity index (χ0) is 17.7. The Balaban J connectivity index is 1.96. The molecule has 0 aromatic carbocycles. The van der Waals surface area contributed by atoms with E-state index in [0.29, 0.717) is 11.6 Å². The average molecular weight is 367 g/mol. The molecular formula is C12H18FN3O7S. The molecule has 3 aliphatic rings. The molecule has 0 radical (unpaired) electrons. The molecule has 24 heavy (non-hydrogen) atoms. The van der Waals surface area contributed by atoms with Gasteiger partial charge in [-0.15, -0.1) is 4.28 Å². The van der Waals surface area contributed by atoms with Gasteiger partial charge in [0.2, 0.25) is 0 Å². The van der Waals surface area contributed by atoms with E-state index in [4.69, 9.17) is 4.55 Å². The summed E-state index contributed by atoms with van der Waals surface area (Å²) in [6.07, 6.45) is -1.10. The smallest absolute Gasteiger partial charge is 0.418 e. The second-order valence-corrected chi connectivity index (χ2v) is 7.26. The second-order valence-electron chi connectivity index (χ2n) is 6.26. The number of carbonyl (C=O) groups excluding carboxylic acids is 1. The number of hydrogen-bond acceptors (Lipinski definition) is 6. The summed E-state index contributed by atoms with van der Waals surface area (Å²) in [6, 6.07) is -1.71. The number of nitrogens with zero attached hydrogens (tertiary/aromatic N) is 2. The number of halogens is 1. The lowest BCUT2D eigenvalue weighted by Gasteiger charge is -2.47. The van der Waals surface area contributed by atoms with Gasteiger partial charge in [-0.3, -0.25) is 4.55 Å². The third kappa shape index (κ3) is 2.62. The number of fused-ring (bicyclic) bond motifs is 2. The second kappa shape index (κ2) is 5.79. The lowest BCUT2D eigenvalue weighted by molar-refractivity contribution is -0.158. The molecular weight excluding hydrogens is 349 g/mol. The Morgan fingerprint density at radius 2 is 2.12 bits per heavy atom. The number of alkyl halides is 1. The highest BCUT2D eigenvalue weighted by Crippen LogP contribution is 2.45. The predicted octanol–water partition coefficient (Wildman–Crippen LogP) is -0.608. The first-order valence-corrected chi connectivity index (χ1v) is 8.89. The monoisotopic (exact) mass is 367 g/mol. The average Bonchev–Trinajstić information content (AvgIpc) is 2.73. The maximum atomic E-state index is 14.4. The standard InChI is InChI=1S/C12H18FN3O7S/c13-9-5-14-4-2-8(9)12(10(17)18)3-1-7-6-15(12)11(19)16(7)23-24(20,21)22/h7-9,14H,1-6H2,(H,17,18)(H,20,21,22)/t7-,8?,9?,12+/m1/s1. The maximum absolute atomic E-state index is 14.4. The molecule has 0 aromatic rings. The summed E-state index contributed by atoms with van der Waals surface area (Å²) in [5, 5.41) is 13.1. The van der Waals surface area contributed by atoms with Gasteiger partial charge in [-0.2, -0.15) is 13.5 Å². The molecule has 136 valence electrons. The summed E-state index contributed by atoms with van der Waals surface area (Å²) in [5.74, 6) is -2.23. The first kappa shape index (κ1) is 17.3. The van der Waals surface area contributed by atoms with Crippen LogP contribution in [-0.2, 0) is 19.5 Å². The van der Waals surface area contributed by atoms with Crippen molar-refractivity contribution in [2.75, 3.05) is 19.6 Å². The van der Waals surface area contributed by atoms with Crippen LogP contribution in [0, 0.1) is 5.92 Å². The predicted molar refractivity (Wildman–Crippen MR) is 75.8 cm³/mol. The van der Waals surface area contributed by atoms with Crippen molar-refractivity contribution in [2.45, 2.75) is 37.0 Å². The highest BCUT2D eigenvalue weighted by atomic mass is 32.3. The van der Waals surface area contributed by atoms with E-state index >= 15 is 0 Å². The van der Waals surface area contributed by atoms with E-state index in [1.165, 1.54) is 0 Å². The Labute approximate surface area is 137 Å². The van der Waals surface area contributed by atoms with E-state index in [0.717, 1.165) is 4.90 Å². The molecule has 0 aromatic heterocycles. The lowest BCUT2D eigenvalue weighted by atomic mass is 9.71. The molecule has 3 heterocycles. The van der Waals surface area contributed by atoms with Gasteiger partial charge < -0.3 is 15.3 Å². The molecule has 12 heteroatoms. The molecule has 0 aliphatic carbocycles. The summed E-state index contributed by atoms with van der Waals surface area (Å²) in [4.78, 5) is 25.5. The number of hydroxylamine groups is 2. The SMILES string of the molecule is O=C1N(OS(=O)(=O)O)[C@@H]2CC[C@@](C(=O)O)(C3CCNCC3F)N1C2. The van der Waals surface area contributed by atoms with E-state index in [1.54, 1.807) is 0 Å². The molecule has 2 bridgehead atoms. The molecule has 3 saturated heterocycles. The summed E-state index contributed by atoms with van der Waals surface area (Å²) in [7, 11) is -4.93. The zero-order valence-corrected chi connectivity index (χ0v) is 13.4. The quantitative estimate of drug-likeness (QED) is 0.560. The van der Waals surface area contributed by atoms with Gasteiger partial charge in [-0.1, -0.05) is 0 Å². The first-order valence-electron chi connectivity index (χ1n) is 7.53. The minimum atomic E-state index is -4.93. The number of amides is 2. The van der Waals surface area contributed by atoms with Gasteiger partial charge in [0.1, 0.15) is 11.7 Å². The van der Waals surface area contributed by atoms with Gasteiger partial charge >= 0.3 is 22.4 Å². The number of rotatable bonds is 4. The number of carbonyl (C=O) groups is 2. The number of nitrogens with one attached hydrogen (secondary N) is 1. The fraction of sp³-hybridized carbons (Fsp3) is 0.833. The van der Waals surface area contributed by atoms with Gasteiger partial charge in [-0.25, -0.2) is 14.0 Å². The third-order valence-corrected chi connectivity index (χ3v) is 5.40. The van der Waals surface area contributed by atoms with Crippen LogP contribution in [0.2, 0.25) is 0 Å². The van der Waals surface area contributed by atoms with E-state index in [9.17, 15) is 27.5 Å². The van der Waals surface area contributed by atoms with Gasteiger partial charge in [0.05, 0.1) is 6.04 Å². The van der Waals surface area contributed by atoms with Crippen molar-refractivity contribution >= 4 is 22.4 Å². The van der Waals surface area contributed by atoms with Gasteiger partial charge in [0.25, 0.3) is 0 Å². The van der Waals surface area contributed by atoms with Crippen LogP contribution in [0.5, 0.6) is 0 Å². The molecule has 0 spiro atoms. The number of carboxylic acid groups (broad SMARTS) is 1. The largest absolute Gasteiger partial charge is 0.479 e. The first-order chi connectivity index (χ1) is 11.2. The summed E-state index contributed by atoms with van der Waals surface area (Å²) < 4.78 is 49.3. The van der Waals surface area contributed by atoms with Gasteiger partial charge in [0.15, 0.2) is 0 Å². The Bertz CT molecular complexity index is 659. The molecule has 0 saturated carbocycles. The molecule has 3 fully saturated rings. The van der Waals surface area contributed by atoms with Crippen LogP contribution in [-0.4, -0.2) is 77.4 Å². The van der Waals surface area contributed by atoms with E-state index in [1.807, 2.05) is 0 Å². The Morgan fingerprint density at radius 1 is 1.42 bits per heavy atom. The zero-order valence-electron chi connectivity index (χ0n) is 12.6. The summed E-state index contributed by atoms with van der Waals surface area (Å²) >= 11 is 0. The van der Waals surface area contributed by atoms with Crippen molar-refractivity contribution < 1.29 is 36.3 Å². The number of aliphatic carboxylic acids is 1. The maximum Gasteiger partial charge on any atom is 0.418 e. The number of piperidine rings is 2. The molecule has 2 amide bonds. The molecule has 3 N–H and O–H groups in total. The molecule has 2 unspecified atom stereocenters. The van der Waals surface area contributed by atoms with E-state index in [2.05, 4.69) is 9.60 Å². The minimum absolute atomic E-state index is 0.00358. The Morgan fingerprint density at radius 3 is 2.71 bits per heavy atom. The van der Waals surface area contributed by atoms with Crippen LogP contribution in [0.3, 0.4) is 0 Å². The van der Waals surface area contributed by atoms with Crippen molar-refractivity contribution in [3.05, 3.63) is 0 Å². The fourth-order valence-corrected chi connectivity index (χ4v) is 4.41. The van der Waals surface area contributed by atoms with Crippen molar-refractivity contribution in [1.29, 1.82) is 0 Å². The van der Waals surface area contributed by atoms with E-state index < -0.39 is 46.1 Å². The highest BCUT2D eigenvalue weighted by molar-refractivity contribution is 7.80. The number of carboxylic acids is 1. The van der Waals surface area contributed by atoms with Crippen molar-refractivity contribution in [3.8, 4) is 0 Å². The van der Waals surface area contributed by atoms with Crippen LogP contribution >= 0.6 is 0 Å². The van der Waals surface area contributed by atoms with Crippen molar-refractivity contribution in [1.82, 2.24) is 15.3 Å². The fourth-order valence-electron chi connectivity index (χ4n) is 4.02. The van der Waals surface area contributed by atoms with Gasteiger partial charge in [-0.05, 0) is 25.8 Å². The van der Waals surface area contributed by atoms with Crippen molar-refractivity contribution in [3.63, 3.8) is 0 Å². The molecule has 3 rings (SSSR count). The summed E-state index contributed by atoms with van der Waals surface area (Å²) in [5.41, 5.74) is -1.76. The van der Waals surface area contributed by atoms with Crippen LogP contribution in [0.25, 0.3) is 0 Å². The molecule has 4 atom stereocenters. The Hall–Kier alpha value is -1.50. The summed E-state index contributed by atoms with van der Waals surface area (Å²) in [6.45, 7) is 0.324. The Kier molecular flexibility index (Phi) is 4.18. The topological polar surface area (TPSA) is 136 Å².